The summed E-state index contributed by atoms with van der Waals surface area (Å²) in [5.74, 6) is -2.94. The second-order valence-corrected chi connectivity index (χ2v) is 3.90. The number of nitro groups is 2. The van der Waals surface area contributed by atoms with E-state index in [4.69, 9.17) is 0 Å². The minimum Gasteiger partial charge on any atom is -0.316 e. The van der Waals surface area contributed by atoms with Crippen LogP contribution in [0.5, 0.6) is 0 Å². The van der Waals surface area contributed by atoms with Crippen molar-refractivity contribution in [1.29, 1.82) is 0 Å². The van der Waals surface area contributed by atoms with Gasteiger partial charge in [-0.05, 0) is 6.07 Å². The number of amides is 2. The van der Waals surface area contributed by atoms with Gasteiger partial charge in [-0.15, -0.1) is 0 Å². The van der Waals surface area contributed by atoms with Crippen molar-refractivity contribution in [1.82, 2.24) is 5.32 Å². The van der Waals surface area contributed by atoms with Gasteiger partial charge in [-0.2, -0.15) is 18.5 Å². The first-order valence-electron chi connectivity index (χ1n) is 5.18. The van der Waals surface area contributed by atoms with Gasteiger partial charge in [0.2, 0.25) is 0 Å². The van der Waals surface area contributed by atoms with Crippen LogP contribution in [0.3, 0.4) is 0 Å². The summed E-state index contributed by atoms with van der Waals surface area (Å²) in [7, 11) is 0. The van der Waals surface area contributed by atoms with Gasteiger partial charge in [0, 0.05) is 0 Å². The molecule has 10 nitrogen and oxygen atoms in total. The predicted octanol–water partition coefficient (Wildman–Crippen LogP) is 1.24. The van der Waals surface area contributed by atoms with Crippen LogP contribution in [-0.4, -0.2) is 21.7 Å². The summed E-state index contributed by atoms with van der Waals surface area (Å²) < 4.78 is 38.6. The van der Waals surface area contributed by atoms with E-state index in [0.717, 1.165) is 0 Å². The first kappa shape index (κ1) is 15.1. The standard InChI is InChI=1S/C9H2F3N4O6/c10-9(11,12)2-1-3-4(14-8(18)7(17)13-3)6(16(21)22)5(2)15(19)20/h1H,(H,13,17). The maximum absolute atomic E-state index is 12.9. The molecule has 0 spiro atoms. The second kappa shape index (κ2) is 4.64. The minimum atomic E-state index is -5.30. The summed E-state index contributed by atoms with van der Waals surface area (Å²) in [4.78, 5) is 40.8. The van der Waals surface area contributed by atoms with E-state index < -0.39 is 56.2 Å². The Hall–Kier alpha value is -3.25. The van der Waals surface area contributed by atoms with Crippen LogP contribution >= 0.6 is 0 Å². The number of carbonyl (C=O) groups excluding carboxylic acids is 2. The van der Waals surface area contributed by atoms with E-state index in [0.29, 0.717) is 0 Å². The Morgan fingerprint density at radius 2 is 1.64 bits per heavy atom. The van der Waals surface area contributed by atoms with Crippen molar-refractivity contribution in [2.24, 2.45) is 0 Å². The molecule has 1 aromatic carbocycles. The van der Waals surface area contributed by atoms with Gasteiger partial charge < -0.3 is 5.32 Å². The second-order valence-electron chi connectivity index (χ2n) is 3.90. The summed E-state index contributed by atoms with van der Waals surface area (Å²) in [6.45, 7) is 0. The highest BCUT2D eigenvalue weighted by Gasteiger charge is 2.48. The number of alkyl halides is 3. The number of anilines is 1. The van der Waals surface area contributed by atoms with Crippen molar-refractivity contribution in [2.45, 2.75) is 6.18 Å². The number of fused-ring (bicyclic) bond motifs is 1. The van der Waals surface area contributed by atoms with Gasteiger partial charge >= 0.3 is 29.4 Å². The molecule has 0 aliphatic carbocycles. The number of hydrogen-bond donors (Lipinski definition) is 1. The van der Waals surface area contributed by atoms with Gasteiger partial charge in [-0.1, -0.05) is 0 Å². The molecule has 1 aliphatic rings. The van der Waals surface area contributed by atoms with E-state index in [1.54, 1.807) is 5.32 Å². The molecule has 0 atom stereocenters. The average Bonchev–Trinajstić information content (AvgIpc) is 2.36. The van der Waals surface area contributed by atoms with E-state index in [1.165, 1.54) is 0 Å². The zero-order chi connectivity index (χ0) is 16.8. The molecule has 0 fully saturated rings. The van der Waals surface area contributed by atoms with E-state index in [2.05, 4.69) is 5.32 Å². The molecule has 115 valence electrons. The van der Waals surface area contributed by atoms with Crippen LogP contribution in [-0.2, 0) is 15.8 Å². The average molecular weight is 319 g/mol. The zero-order valence-corrected chi connectivity index (χ0v) is 10.0. The molecule has 13 heteroatoms. The first-order chi connectivity index (χ1) is 10.0. The van der Waals surface area contributed by atoms with Gasteiger partial charge in [-0.3, -0.25) is 29.8 Å². The van der Waals surface area contributed by atoms with Crippen LogP contribution in [0.1, 0.15) is 5.56 Å². The van der Waals surface area contributed by atoms with E-state index in [9.17, 15) is 43.0 Å². The molecule has 1 heterocycles. The van der Waals surface area contributed by atoms with Crippen LogP contribution in [0.25, 0.3) is 0 Å². The van der Waals surface area contributed by atoms with Crippen molar-refractivity contribution < 1.29 is 32.6 Å². The molecule has 2 amide bonds. The number of nitrogens with one attached hydrogen (secondary N) is 1. The van der Waals surface area contributed by atoms with Crippen LogP contribution in [0, 0.1) is 20.2 Å². The molecule has 0 unspecified atom stereocenters. The number of nitro benzene ring substituents is 2. The van der Waals surface area contributed by atoms with Crippen molar-refractivity contribution in [3.63, 3.8) is 0 Å². The predicted molar refractivity (Wildman–Crippen MR) is 60.2 cm³/mol. The van der Waals surface area contributed by atoms with E-state index in [-0.39, 0.29) is 6.07 Å². The number of halogens is 3. The van der Waals surface area contributed by atoms with Crippen LogP contribution in [0.2, 0.25) is 0 Å². The van der Waals surface area contributed by atoms with Crippen molar-refractivity contribution in [2.75, 3.05) is 5.32 Å². The summed E-state index contributed by atoms with van der Waals surface area (Å²) in [5.41, 5.74) is -7.23. The smallest absolute Gasteiger partial charge is 0.316 e. The highest BCUT2D eigenvalue weighted by molar-refractivity contribution is 6.42. The maximum Gasteiger partial charge on any atom is 0.423 e. The lowest BCUT2D eigenvalue weighted by Gasteiger charge is -2.17. The van der Waals surface area contributed by atoms with E-state index in [1.807, 2.05) is 0 Å². The topological polar surface area (TPSA) is 147 Å². The molecule has 1 aliphatic heterocycles. The van der Waals surface area contributed by atoms with Crippen LogP contribution in [0.4, 0.5) is 35.9 Å². The molecule has 0 aromatic heterocycles. The van der Waals surface area contributed by atoms with Gasteiger partial charge in [0.25, 0.3) is 0 Å². The summed E-state index contributed by atoms with van der Waals surface area (Å²) in [5, 5.41) is 26.4. The first-order valence-corrected chi connectivity index (χ1v) is 5.18. The summed E-state index contributed by atoms with van der Waals surface area (Å²) in [6.07, 6.45) is -5.30. The Kier molecular flexibility index (Phi) is 3.20. The highest BCUT2D eigenvalue weighted by atomic mass is 19.4. The van der Waals surface area contributed by atoms with Gasteiger partial charge in [0.15, 0.2) is 5.69 Å². The number of benzene rings is 1. The molecule has 1 radical (unpaired) electrons. The Morgan fingerprint density at radius 3 is 2.09 bits per heavy atom. The molecular weight excluding hydrogens is 317 g/mol. The largest absolute Gasteiger partial charge is 0.423 e. The lowest BCUT2D eigenvalue weighted by Crippen LogP contribution is -2.34. The van der Waals surface area contributed by atoms with Crippen molar-refractivity contribution >= 4 is 34.6 Å². The lowest BCUT2D eigenvalue weighted by atomic mass is 10.1. The van der Waals surface area contributed by atoms with E-state index >= 15 is 0 Å². The lowest BCUT2D eigenvalue weighted by molar-refractivity contribution is -0.423. The normalized spacial score (nSPS) is 14.0. The fourth-order valence-electron chi connectivity index (χ4n) is 1.76. The molecule has 2 rings (SSSR count). The monoisotopic (exact) mass is 319 g/mol. The third-order valence-electron chi connectivity index (χ3n) is 2.57. The fourth-order valence-corrected chi connectivity index (χ4v) is 1.76. The number of rotatable bonds is 2. The molecular formula is C9H2F3N4O6. The number of carbonyl (C=O) groups is 2. The molecule has 0 bridgehead atoms. The minimum absolute atomic E-state index is 0.119. The van der Waals surface area contributed by atoms with Crippen LogP contribution < -0.4 is 10.6 Å². The number of nitrogens with zero attached hydrogens (tertiary/aromatic N) is 3. The number of hydrogen-bond acceptors (Lipinski definition) is 6. The molecule has 0 saturated heterocycles. The highest BCUT2D eigenvalue weighted by Crippen LogP contribution is 2.49. The van der Waals surface area contributed by atoms with Gasteiger partial charge in [0.1, 0.15) is 5.56 Å². The Morgan fingerprint density at radius 1 is 1.09 bits per heavy atom. The van der Waals surface area contributed by atoms with Crippen molar-refractivity contribution in [3.8, 4) is 0 Å². The SMILES string of the molecule is O=C1[N]c2c(cc(C(F)(F)F)c([N+](=O)[O-])c2[N+](=O)[O-])NC1=O. The van der Waals surface area contributed by atoms with Crippen molar-refractivity contribution in [3.05, 3.63) is 31.9 Å². The third kappa shape index (κ3) is 2.27. The zero-order valence-electron chi connectivity index (χ0n) is 10.0. The third-order valence-corrected chi connectivity index (χ3v) is 2.57. The Balaban J connectivity index is 2.91. The quantitative estimate of drug-likeness (QED) is 0.492. The molecule has 0 saturated carbocycles. The fraction of sp³-hybridized carbons (Fsp3) is 0.111. The Bertz CT molecular complexity index is 744. The van der Waals surface area contributed by atoms with Gasteiger partial charge in [-0.25, -0.2) is 0 Å². The Labute approximate surface area is 117 Å². The van der Waals surface area contributed by atoms with Crippen LogP contribution in [0.15, 0.2) is 6.07 Å². The summed E-state index contributed by atoms with van der Waals surface area (Å²) >= 11 is 0. The maximum atomic E-state index is 12.9. The molecule has 1 aromatic rings. The van der Waals surface area contributed by atoms with Gasteiger partial charge in [0.05, 0.1) is 15.5 Å². The molecule has 1 N–H and O–H groups in total. The summed E-state index contributed by atoms with van der Waals surface area (Å²) in [6, 6.07) is 0.119. The molecule has 22 heavy (non-hydrogen) atoms.